The Balaban J connectivity index is 2.40. The summed E-state index contributed by atoms with van der Waals surface area (Å²) in [5.74, 6) is -0.445. The van der Waals surface area contributed by atoms with Crippen LogP contribution in [0.4, 0.5) is 4.79 Å². The molecule has 1 saturated carbocycles. The van der Waals surface area contributed by atoms with E-state index in [-0.39, 0.29) is 23.6 Å². The van der Waals surface area contributed by atoms with Gasteiger partial charge in [0.1, 0.15) is 17.7 Å². The minimum Gasteiger partial charge on any atom is -0.444 e. The molecule has 8 heteroatoms. The van der Waals surface area contributed by atoms with Crippen molar-refractivity contribution in [2.45, 2.75) is 104 Å². The summed E-state index contributed by atoms with van der Waals surface area (Å²) in [6.07, 6.45) is 5.26. The fourth-order valence-corrected chi connectivity index (χ4v) is 4.80. The number of nitrogens with zero attached hydrogens (tertiary/aromatic N) is 1. The molecule has 1 aromatic carbocycles. The maximum atomic E-state index is 13.8. The van der Waals surface area contributed by atoms with Crippen LogP contribution in [0, 0.1) is 13.8 Å². The fourth-order valence-electron chi connectivity index (χ4n) is 4.55. The number of aryl methyl sites for hydroxylation is 2. The van der Waals surface area contributed by atoms with Gasteiger partial charge in [-0.15, -0.1) is 0 Å². The minimum atomic E-state index is -0.921. The summed E-state index contributed by atoms with van der Waals surface area (Å²) >= 11 is 4.33. The predicted octanol–water partition coefficient (Wildman–Crippen LogP) is 4.86. The molecular formula is C27H43N3O4S. The lowest BCUT2D eigenvalue weighted by atomic mass is 9.93. The molecule has 2 unspecified atom stereocenters. The van der Waals surface area contributed by atoms with Gasteiger partial charge in [0, 0.05) is 18.3 Å². The molecule has 1 aliphatic rings. The third-order valence-electron chi connectivity index (χ3n) is 6.15. The van der Waals surface area contributed by atoms with Crippen LogP contribution in [-0.4, -0.2) is 52.8 Å². The van der Waals surface area contributed by atoms with Crippen LogP contribution in [-0.2, 0) is 14.3 Å². The Morgan fingerprint density at radius 3 is 2.34 bits per heavy atom. The molecule has 35 heavy (non-hydrogen) atoms. The van der Waals surface area contributed by atoms with Crippen molar-refractivity contribution in [3.05, 3.63) is 34.9 Å². The number of amides is 3. The van der Waals surface area contributed by atoms with Crippen LogP contribution in [0.2, 0.25) is 0 Å². The number of carbonyl (C=O) groups is 3. The zero-order chi connectivity index (χ0) is 26.2. The molecule has 0 aromatic heterocycles. The van der Waals surface area contributed by atoms with E-state index in [1.165, 1.54) is 6.42 Å². The average molecular weight is 506 g/mol. The topological polar surface area (TPSA) is 87.7 Å². The summed E-state index contributed by atoms with van der Waals surface area (Å²) in [6, 6.07) is 4.32. The lowest BCUT2D eigenvalue weighted by Crippen LogP contribution is -2.54. The summed E-state index contributed by atoms with van der Waals surface area (Å²) in [4.78, 5) is 41.6. The molecule has 2 atom stereocenters. The van der Waals surface area contributed by atoms with E-state index in [2.05, 4.69) is 23.3 Å². The smallest absolute Gasteiger partial charge is 0.408 e. The van der Waals surface area contributed by atoms with Gasteiger partial charge in [-0.25, -0.2) is 4.79 Å². The van der Waals surface area contributed by atoms with E-state index >= 15 is 0 Å². The number of nitrogens with one attached hydrogen (secondary N) is 2. The van der Waals surface area contributed by atoms with Crippen LogP contribution in [0.5, 0.6) is 0 Å². The highest BCUT2D eigenvalue weighted by molar-refractivity contribution is 7.80. The van der Waals surface area contributed by atoms with E-state index in [1.807, 2.05) is 39.0 Å². The van der Waals surface area contributed by atoms with E-state index < -0.39 is 23.8 Å². The molecule has 0 spiro atoms. The maximum Gasteiger partial charge on any atom is 0.408 e. The number of rotatable bonds is 9. The zero-order valence-electron chi connectivity index (χ0n) is 22.1. The molecule has 7 nitrogen and oxygen atoms in total. The number of carbonyl (C=O) groups excluding carboxylic acids is 3. The molecule has 2 N–H and O–H groups in total. The van der Waals surface area contributed by atoms with Crippen LogP contribution in [0.3, 0.4) is 0 Å². The van der Waals surface area contributed by atoms with Gasteiger partial charge in [-0.2, -0.15) is 12.6 Å². The highest BCUT2D eigenvalue weighted by Crippen LogP contribution is 2.28. The van der Waals surface area contributed by atoms with Crippen LogP contribution in [0.25, 0.3) is 0 Å². The first-order valence-corrected chi connectivity index (χ1v) is 13.4. The molecule has 0 heterocycles. The van der Waals surface area contributed by atoms with Crippen molar-refractivity contribution < 1.29 is 19.1 Å². The van der Waals surface area contributed by atoms with E-state index in [9.17, 15) is 14.4 Å². The molecule has 0 radical (unpaired) electrons. The third kappa shape index (κ3) is 8.74. The van der Waals surface area contributed by atoms with Crippen LogP contribution < -0.4 is 10.6 Å². The van der Waals surface area contributed by atoms with Crippen molar-refractivity contribution in [3.63, 3.8) is 0 Å². The number of benzene rings is 1. The Morgan fingerprint density at radius 1 is 1.14 bits per heavy atom. The quantitative estimate of drug-likeness (QED) is 0.419. The van der Waals surface area contributed by atoms with Crippen molar-refractivity contribution >= 4 is 30.5 Å². The number of ether oxygens (including phenoxy) is 1. The number of hydrogen-bond donors (Lipinski definition) is 3. The Labute approximate surface area is 216 Å². The monoisotopic (exact) mass is 505 g/mol. The first-order chi connectivity index (χ1) is 16.5. The van der Waals surface area contributed by atoms with E-state index in [1.54, 1.807) is 25.7 Å². The van der Waals surface area contributed by atoms with Gasteiger partial charge in [0.2, 0.25) is 11.8 Å². The Morgan fingerprint density at radius 2 is 1.80 bits per heavy atom. The van der Waals surface area contributed by atoms with Gasteiger partial charge in [0.25, 0.3) is 0 Å². The van der Waals surface area contributed by atoms with Crippen LogP contribution in [0.15, 0.2) is 18.2 Å². The van der Waals surface area contributed by atoms with Crippen LogP contribution >= 0.6 is 12.6 Å². The molecule has 1 aliphatic carbocycles. The summed E-state index contributed by atoms with van der Waals surface area (Å²) in [6.45, 7) is 11.6. The van der Waals surface area contributed by atoms with Crippen molar-refractivity contribution in [3.8, 4) is 0 Å². The van der Waals surface area contributed by atoms with E-state index in [0.29, 0.717) is 13.0 Å². The van der Waals surface area contributed by atoms with E-state index in [4.69, 9.17) is 4.74 Å². The third-order valence-corrected chi connectivity index (χ3v) is 6.52. The predicted molar refractivity (Wildman–Crippen MR) is 143 cm³/mol. The highest BCUT2D eigenvalue weighted by Gasteiger charge is 2.37. The SMILES string of the molecule is CCCN(C(=O)C(CS)NC(=O)OC(C)(C)C)C(C(=O)NC1CCCCC1)c1ccc(C)cc1C. The van der Waals surface area contributed by atoms with Gasteiger partial charge >= 0.3 is 6.09 Å². The molecule has 1 aromatic rings. The summed E-state index contributed by atoms with van der Waals surface area (Å²) in [5, 5.41) is 5.87. The van der Waals surface area contributed by atoms with Gasteiger partial charge in [-0.3, -0.25) is 9.59 Å². The molecule has 2 rings (SSSR count). The summed E-state index contributed by atoms with van der Waals surface area (Å²) in [7, 11) is 0. The lowest BCUT2D eigenvalue weighted by Gasteiger charge is -2.36. The van der Waals surface area contributed by atoms with Crippen molar-refractivity contribution in [2.75, 3.05) is 12.3 Å². The zero-order valence-corrected chi connectivity index (χ0v) is 23.0. The standard InChI is InChI=1S/C27H43N3O4S/c1-7-15-30(25(32)22(17-35)29-26(33)34-27(4,5)6)23(21-14-13-18(2)16-19(21)3)24(31)28-20-11-9-8-10-12-20/h13-14,16,20,22-23,35H,7-12,15,17H2,1-6H3,(H,28,31)(H,29,33). The summed E-state index contributed by atoms with van der Waals surface area (Å²) in [5.41, 5.74) is 2.13. The van der Waals surface area contributed by atoms with Gasteiger partial charge in [0.05, 0.1) is 0 Å². The van der Waals surface area contributed by atoms with Gasteiger partial charge in [0.15, 0.2) is 0 Å². The second-order valence-corrected chi connectivity index (χ2v) is 10.9. The first-order valence-electron chi connectivity index (χ1n) is 12.7. The van der Waals surface area contributed by atoms with Crippen molar-refractivity contribution in [1.29, 1.82) is 0 Å². The Kier molecular flexibility index (Phi) is 10.9. The Hall–Kier alpha value is -2.22. The number of hydrogen-bond acceptors (Lipinski definition) is 5. The Bertz CT molecular complexity index is 878. The molecule has 0 aliphatic heterocycles. The van der Waals surface area contributed by atoms with Crippen molar-refractivity contribution in [1.82, 2.24) is 15.5 Å². The van der Waals surface area contributed by atoms with Gasteiger partial charge in [-0.05, 0) is 65.0 Å². The molecular weight excluding hydrogens is 462 g/mol. The minimum absolute atomic E-state index is 0.0855. The van der Waals surface area contributed by atoms with Gasteiger partial charge < -0.3 is 20.3 Å². The molecule has 0 bridgehead atoms. The second-order valence-electron chi connectivity index (χ2n) is 10.5. The van der Waals surface area contributed by atoms with Crippen molar-refractivity contribution in [2.24, 2.45) is 0 Å². The largest absolute Gasteiger partial charge is 0.444 e. The molecule has 1 fully saturated rings. The summed E-state index contributed by atoms with van der Waals surface area (Å²) < 4.78 is 5.35. The van der Waals surface area contributed by atoms with E-state index in [0.717, 1.165) is 42.4 Å². The normalized spacial score (nSPS) is 16.2. The number of alkyl carbamates (subject to hydrolysis) is 1. The molecule has 196 valence electrons. The first kappa shape index (κ1) is 29.0. The lowest BCUT2D eigenvalue weighted by molar-refractivity contribution is -0.142. The second kappa shape index (κ2) is 13.2. The van der Waals surface area contributed by atoms with Crippen LogP contribution in [0.1, 0.15) is 89.0 Å². The maximum absolute atomic E-state index is 13.8. The van der Waals surface area contributed by atoms with Gasteiger partial charge in [-0.1, -0.05) is 49.9 Å². The average Bonchev–Trinajstić information content (AvgIpc) is 2.77. The molecule has 3 amide bonds. The fraction of sp³-hybridized carbons (Fsp3) is 0.667. The highest BCUT2D eigenvalue weighted by atomic mass is 32.1. The molecule has 0 saturated heterocycles. The number of thiol groups is 1.